The number of nitrogens with one attached hydrogen (secondary N) is 1. The van der Waals surface area contributed by atoms with Crippen LogP contribution in [-0.2, 0) is 0 Å². The number of rotatable bonds is 7. The maximum absolute atomic E-state index is 5.89. The Labute approximate surface area is 145 Å². The van der Waals surface area contributed by atoms with Crippen LogP contribution in [0.25, 0.3) is 5.70 Å². The first kappa shape index (κ1) is 16.9. The van der Waals surface area contributed by atoms with Crippen molar-refractivity contribution in [2.45, 2.75) is 39.2 Å². The zero-order chi connectivity index (χ0) is 16.8. The average Bonchev–Trinajstić information content (AvgIpc) is 3.04. The molecule has 4 nitrogen and oxygen atoms in total. The summed E-state index contributed by atoms with van der Waals surface area (Å²) in [6.45, 7) is 8.58. The second kappa shape index (κ2) is 8.25. The number of hydrogen-bond acceptors (Lipinski definition) is 4. The molecule has 3 rings (SSSR count). The van der Waals surface area contributed by atoms with Crippen molar-refractivity contribution in [3.63, 3.8) is 0 Å². The first-order valence-electron chi connectivity index (χ1n) is 9.15. The third kappa shape index (κ3) is 4.32. The van der Waals surface area contributed by atoms with E-state index in [1.54, 1.807) is 0 Å². The predicted octanol–water partition coefficient (Wildman–Crippen LogP) is 3.63. The Morgan fingerprint density at radius 3 is 2.79 bits per heavy atom. The molecule has 130 valence electrons. The lowest BCUT2D eigenvalue weighted by atomic mass is 10.1. The first-order valence-corrected chi connectivity index (χ1v) is 9.15. The SMILES string of the molecule is CCN1C=CC=C(c2ccc(OCCCN3CCC[C@H]3C)cc2)N1. The van der Waals surface area contributed by atoms with Gasteiger partial charge in [-0.25, -0.2) is 0 Å². The standard InChI is InChI=1S/C20H29N3O/c1-3-23-15-5-8-20(21-23)18-9-11-19(12-10-18)24-16-6-14-22-13-4-7-17(22)2/h5,8-12,15,17,21H,3-4,6-7,13-14,16H2,1-2H3/t17-/m1/s1. The van der Waals surface area contributed by atoms with Crippen LogP contribution in [0.15, 0.2) is 42.6 Å². The highest BCUT2D eigenvalue weighted by molar-refractivity contribution is 5.66. The second-order valence-corrected chi connectivity index (χ2v) is 6.57. The van der Waals surface area contributed by atoms with Gasteiger partial charge in [0, 0.05) is 25.3 Å². The van der Waals surface area contributed by atoms with Crippen LogP contribution in [0.1, 0.15) is 38.7 Å². The van der Waals surface area contributed by atoms with Gasteiger partial charge in [0.25, 0.3) is 0 Å². The van der Waals surface area contributed by atoms with Gasteiger partial charge in [-0.1, -0.05) is 0 Å². The molecule has 24 heavy (non-hydrogen) atoms. The van der Waals surface area contributed by atoms with Gasteiger partial charge < -0.3 is 9.64 Å². The summed E-state index contributed by atoms with van der Waals surface area (Å²) in [6, 6.07) is 9.10. The van der Waals surface area contributed by atoms with Crippen molar-refractivity contribution in [2.24, 2.45) is 0 Å². The van der Waals surface area contributed by atoms with Gasteiger partial charge in [0.05, 0.1) is 12.3 Å². The molecular formula is C20H29N3O. The van der Waals surface area contributed by atoms with E-state index in [1.165, 1.54) is 24.9 Å². The molecule has 2 aliphatic rings. The van der Waals surface area contributed by atoms with Crippen LogP contribution in [0.5, 0.6) is 5.75 Å². The predicted molar refractivity (Wildman–Crippen MR) is 99.5 cm³/mol. The van der Waals surface area contributed by atoms with Crippen LogP contribution in [-0.4, -0.2) is 42.2 Å². The van der Waals surface area contributed by atoms with Gasteiger partial charge in [0.1, 0.15) is 5.75 Å². The lowest BCUT2D eigenvalue weighted by Crippen LogP contribution is -2.33. The van der Waals surface area contributed by atoms with Crippen molar-refractivity contribution in [3.8, 4) is 5.75 Å². The summed E-state index contributed by atoms with van der Waals surface area (Å²) >= 11 is 0. The zero-order valence-corrected chi connectivity index (χ0v) is 14.9. The monoisotopic (exact) mass is 327 g/mol. The van der Waals surface area contributed by atoms with Crippen LogP contribution in [0.3, 0.4) is 0 Å². The Balaban J connectivity index is 1.45. The molecule has 0 amide bonds. The highest BCUT2D eigenvalue weighted by Gasteiger charge is 2.19. The van der Waals surface area contributed by atoms with Crippen LogP contribution in [0, 0.1) is 0 Å². The molecule has 0 bridgehead atoms. The molecule has 0 unspecified atom stereocenters. The number of allylic oxidation sites excluding steroid dienone is 2. The fourth-order valence-electron chi connectivity index (χ4n) is 3.33. The molecule has 1 aromatic rings. The average molecular weight is 327 g/mol. The number of ether oxygens (including phenoxy) is 1. The highest BCUT2D eigenvalue weighted by atomic mass is 16.5. The fourth-order valence-corrected chi connectivity index (χ4v) is 3.33. The molecule has 1 aromatic carbocycles. The van der Waals surface area contributed by atoms with E-state index in [0.29, 0.717) is 0 Å². The maximum Gasteiger partial charge on any atom is 0.119 e. The van der Waals surface area contributed by atoms with Gasteiger partial charge in [0.2, 0.25) is 0 Å². The minimum absolute atomic E-state index is 0.747. The number of hydrazine groups is 1. The molecular weight excluding hydrogens is 298 g/mol. The third-order valence-electron chi connectivity index (χ3n) is 4.85. The summed E-state index contributed by atoms with van der Waals surface area (Å²) in [5.41, 5.74) is 5.68. The van der Waals surface area contributed by atoms with E-state index in [1.807, 2.05) is 6.20 Å². The molecule has 0 radical (unpaired) electrons. The topological polar surface area (TPSA) is 27.7 Å². The van der Waals surface area contributed by atoms with Crippen LogP contribution in [0.2, 0.25) is 0 Å². The van der Waals surface area contributed by atoms with E-state index in [9.17, 15) is 0 Å². The molecule has 0 aliphatic carbocycles. The Morgan fingerprint density at radius 1 is 1.25 bits per heavy atom. The van der Waals surface area contributed by atoms with Crippen LogP contribution >= 0.6 is 0 Å². The largest absolute Gasteiger partial charge is 0.494 e. The lowest BCUT2D eigenvalue weighted by Gasteiger charge is -2.25. The molecule has 1 N–H and O–H groups in total. The van der Waals surface area contributed by atoms with E-state index in [4.69, 9.17) is 4.74 Å². The minimum atomic E-state index is 0.747. The van der Waals surface area contributed by atoms with Gasteiger partial charge in [-0.2, -0.15) is 0 Å². The number of likely N-dealkylation sites (tertiary alicyclic amines) is 1. The van der Waals surface area contributed by atoms with Gasteiger partial charge in [-0.05, 0) is 81.6 Å². The zero-order valence-electron chi connectivity index (χ0n) is 14.9. The minimum Gasteiger partial charge on any atom is -0.494 e. The molecule has 1 saturated heterocycles. The van der Waals surface area contributed by atoms with Crippen molar-refractivity contribution >= 4 is 5.70 Å². The Kier molecular flexibility index (Phi) is 5.81. The van der Waals surface area contributed by atoms with E-state index in [2.05, 4.69) is 65.6 Å². The van der Waals surface area contributed by atoms with Gasteiger partial charge >= 0.3 is 0 Å². The molecule has 0 spiro atoms. The molecule has 0 saturated carbocycles. The van der Waals surface area contributed by atoms with Crippen molar-refractivity contribution in [1.82, 2.24) is 15.3 Å². The van der Waals surface area contributed by atoms with Gasteiger partial charge in [-0.3, -0.25) is 10.4 Å². The van der Waals surface area contributed by atoms with E-state index in [-0.39, 0.29) is 0 Å². The second-order valence-electron chi connectivity index (χ2n) is 6.57. The summed E-state index contributed by atoms with van der Waals surface area (Å²) in [5.74, 6) is 0.951. The van der Waals surface area contributed by atoms with Crippen molar-refractivity contribution in [2.75, 3.05) is 26.2 Å². The third-order valence-corrected chi connectivity index (χ3v) is 4.85. The lowest BCUT2D eigenvalue weighted by molar-refractivity contribution is 0.230. The number of hydrogen-bond donors (Lipinski definition) is 1. The van der Waals surface area contributed by atoms with Gasteiger partial charge in [-0.15, -0.1) is 0 Å². The first-order chi connectivity index (χ1) is 11.8. The summed E-state index contributed by atoms with van der Waals surface area (Å²) in [7, 11) is 0. The summed E-state index contributed by atoms with van der Waals surface area (Å²) in [4.78, 5) is 2.57. The molecule has 0 aromatic heterocycles. The summed E-state index contributed by atoms with van der Waals surface area (Å²) in [6.07, 6.45) is 9.99. The number of benzene rings is 1. The summed E-state index contributed by atoms with van der Waals surface area (Å²) in [5, 5.41) is 2.07. The van der Waals surface area contributed by atoms with E-state index < -0.39 is 0 Å². The highest BCUT2D eigenvalue weighted by Crippen LogP contribution is 2.20. The normalized spacial score (nSPS) is 20.8. The Bertz CT molecular complexity index is 579. The molecule has 1 fully saturated rings. The molecule has 1 atom stereocenters. The fraction of sp³-hybridized carbons (Fsp3) is 0.500. The van der Waals surface area contributed by atoms with E-state index in [0.717, 1.165) is 43.6 Å². The van der Waals surface area contributed by atoms with Crippen molar-refractivity contribution < 1.29 is 4.74 Å². The quantitative estimate of drug-likeness (QED) is 0.774. The Hall–Kier alpha value is -1.94. The Morgan fingerprint density at radius 2 is 2.08 bits per heavy atom. The molecule has 2 heterocycles. The van der Waals surface area contributed by atoms with E-state index >= 15 is 0 Å². The van der Waals surface area contributed by atoms with Crippen molar-refractivity contribution in [3.05, 3.63) is 48.2 Å². The van der Waals surface area contributed by atoms with Crippen LogP contribution in [0.4, 0.5) is 0 Å². The summed E-state index contributed by atoms with van der Waals surface area (Å²) < 4.78 is 5.89. The molecule has 4 heteroatoms. The maximum atomic E-state index is 5.89. The van der Waals surface area contributed by atoms with Crippen molar-refractivity contribution in [1.29, 1.82) is 0 Å². The molecule has 2 aliphatic heterocycles. The number of nitrogens with zero attached hydrogens (tertiary/aromatic N) is 2. The smallest absolute Gasteiger partial charge is 0.119 e. The van der Waals surface area contributed by atoms with Gasteiger partial charge in [0.15, 0.2) is 0 Å². The van der Waals surface area contributed by atoms with Crippen LogP contribution < -0.4 is 10.2 Å².